The van der Waals surface area contributed by atoms with Crippen molar-refractivity contribution in [3.63, 3.8) is 0 Å². The van der Waals surface area contributed by atoms with Gasteiger partial charge in [0.2, 0.25) is 11.8 Å². The molecule has 2 heterocycles. The summed E-state index contributed by atoms with van der Waals surface area (Å²) in [5, 5.41) is 4.25. The SMILES string of the molecule is NC(=O)[C@H]1CN(C(=O)CCCc2c[nH]c3ccccc23)CCN1. The van der Waals surface area contributed by atoms with Gasteiger partial charge in [-0.1, -0.05) is 18.2 Å². The number of fused-ring (bicyclic) bond motifs is 1. The van der Waals surface area contributed by atoms with Gasteiger partial charge in [-0.25, -0.2) is 0 Å². The molecule has 2 amide bonds. The fraction of sp³-hybridized carbons (Fsp3) is 0.412. The highest BCUT2D eigenvalue weighted by Gasteiger charge is 2.26. The van der Waals surface area contributed by atoms with Crippen molar-refractivity contribution < 1.29 is 9.59 Å². The van der Waals surface area contributed by atoms with Crippen LogP contribution in [-0.4, -0.2) is 47.4 Å². The molecule has 1 aliphatic heterocycles. The van der Waals surface area contributed by atoms with Gasteiger partial charge in [-0.3, -0.25) is 9.59 Å². The van der Waals surface area contributed by atoms with E-state index < -0.39 is 11.9 Å². The van der Waals surface area contributed by atoms with Crippen LogP contribution in [0.3, 0.4) is 0 Å². The minimum Gasteiger partial charge on any atom is -0.368 e. The Labute approximate surface area is 135 Å². The molecule has 0 bridgehead atoms. The van der Waals surface area contributed by atoms with Crippen LogP contribution in [0, 0.1) is 0 Å². The standard InChI is InChI=1S/C17H22N4O2/c18-17(23)15-11-21(9-8-19-15)16(22)7-3-4-12-10-20-14-6-2-1-5-13(12)14/h1-2,5-6,10,15,19-20H,3-4,7-9,11H2,(H2,18,23)/t15-/m1/s1. The van der Waals surface area contributed by atoms with Crippen molar-refractivity contribution in [1.29, 1.82) is 0 Å². The summed E-state index contributed by atoms with van der Waals surface area (Å²) in [6, 6.07) is 7.74. The first-order valence-electron chi connectivity index (χ1n) is 8.00. The molecule has 122 valence electrons. The first kappa shape index (κ1) is 15.6. The highest BCUT2D eigenvalue weighted by atomic mass is 16.2. The zero-order chi connectivity index (χ0) is 16.2. The second kappa shape index (κ2) is 6.83. The Morgan fingerprint density at radius 1 is 1.30 bits per heavy atom. The number of carbonyl (C=O) groups excluding carboxylic acids is 2. The third-order valence-corrected chi connectivity index (χ3v) is 4.38. The van der Waals surface area contributed by atoms with Crippen molar-refractivity contribution in [3.05, 3.63) is 36.0 Å². The van der Waals surface area contributed by atoms with Gasteiger partial charge in [0.1, 0.15) is 6.04 Å². The van der Waals surface area contributed by atoms with E-state index in [4.69, 9.17) is 5.73 Å². The summed E-state index contributed by atoms with van der Waals surface area (Å²) in [5.74, 6) is -0.307. The maximum atomic E-state index is 12.3. The third-order valence-electron chi connectivity index (χ3n) is 4.38. The topological polar surface area (TPSA) is 91.2 Å². The van der Waals surface area contributed by atoms with Crippen LogP contribution < -0.4 is 11.1 Å². The molecule has 0 unspecified atom stereocenters. The van der Waals surface area contributed by atoms with E-state index in [0.717, 1.165) is 18.4 Å². The quantitative estimate of drug-likeness (QED) is 0.761. The van der Waals surface area contributed by atoms with Crippen LogP contribution in [0.2, 0.25) is 0 Å². The van der Waals surface area contributed by atoms with E-state index in [2.05, 4.69) is 22.4 Å². The smallest absolute Gasteiger partial charge is 0.236 e. The summed E-state index contributed by atoms with van der Waals surface area (Å²) in [6.45, 7) is 1.62. The van der Waals surface area contributed by atoms with E-state index in [-0.39, 0.29) is 5.91 Å². The number of aryl methyl sites for hydroxylation is 1. The van der Waals surface area contributed by atoms with E-state index in [0.29, 0.717) is 26.1 Å². The molecule has 6 nitrogen and oxygen atoms in total. The van der Waals surface area contributed by atoms with Crippen LogP contribution >= 0.6 is 0 Å². The summed E-state index contributed by atoms with van der Waals surface area (Å²) in [4.78, 5) is 28.5. The van der Waals surface area contributed by atoms with E-state index in [1.807, 2.05) is 18.3 Å². The molecule has 1 saturated heterocycles. The molecule has 0 spiro atoms. The number of benzene rings is 1. The summed E-state index contributed by atoms with van der Waals surface area (Å²) >= 11 is 0. The Bertz CT molecular complexity index is 709. The summed E-state index contributed by atoms with van der Waals surface area (Å²) < 4.78 is 0. The lowest BCUT2D eigenvalue weighted by Gasteiger charge is -2.32. The predicted molar refractivity (Wildman–Crippen MR) is 88.8 cm³/mol. The van der Waals surface area contributed by atoms with Gasteiger partial charge < -0.3 is 20.9 Å². The number of primary amides is 1. The molecule has 1 aromatic carbocycles. The van der Waals surface area contributed by atoms with E-state index >= 15 is 0 Å². The molecule has 1 fully saturated rings. The molecule has 0 aliphatic carbocycles. The summed E-state index contributed by atoms with van der Waals surface area (Å²) in [7, 11) is 0. The molecule has 23 heavy (non-hydrogen) atoms. The van der Waals surface area contributed by atoms with Gasteiger partial charge in [0, 0.05) is 43.2 Å². The zero-order valence-electron chi connectivity index (χ0n) is 13.0. The first-order chi connectivity index (χ1) is 11.1. The molecule has 1 aliphatic rings. The minimum absolute atomic E-state index is 0.0950. The number of nitrogens with two attached hydrogens (primary N) is 1. The van der Waals surface area contributed by atoms with Crippen molar-refractivity contribution in [3.8, 4) is 0 Å². The van der Waals surface area contributed by atoms with Gasteiger partial charge in [0.15, 0.2) is 0 Å². The average molecular weight is 314 g/mol. The highest BCUT2D eigenvalue weighted by molar-refractivity contribution is 5.84. The summed E-state index contributed by atoms with van der Waals surface area (Å²) in [6.07, 6.45) is 4.17. The Hall–Kier alpha value is -2.34. The average Bonchev–Trinajstić information content (AvgIpc) is 2.98. The van der Waals surface area contributed by atoms with E-state index in [1.165, 1.54) is 10.9 Å². The molecule has 4 N–H and O–H groups in total. The number of nitrogens with one attached hydrogen (secondary N) is 2. The summed E-state index contributed by atoms with van der Waals surface area (Å²) in [5.41, 5.74) is 7.67. The van der Waals surface area contributed by atoms with Crippen molar-refractivity contribution in [1.82, 2.24) is 15.2 Å². The second-order valence-electron chi connectivity index (χ2n) is 5.96. The monoisotopic (exact) mass is 314 g/mol. The lowest BCUT2D eigenvalue weighted by Crippen LogP contribution is -2.57. The second-order valence-corrected chi connectivity index (χ2v) is 5.96. The number of rotatable bonds is 5. The number of piperazine rings is 1. The zero-order valence-corrected chi connectivity index (χ0v) is 13.0. The number of hydrogen-bond donors (Lipinski definition) is 3. The fourth-order valence-corrected chi connectivity index (χ4v) is 3.09. The van der Waals surface area contributed by atoms with Gasteiger partial charge >= 0.3 is 0 Å². The predicted octanol–water partition coefficient (Wildman–Crippen LogP) is 0.776. The Morgan fingerprint density at radius 2 is 2.13 bits per heavy atom. The number of carbonyl (C=O) groups is 2. The van der Waals surface area contributed by atoms with Crippen LogP contribution in [0.25, 0.3) is 10.9 Å². The Morgan fingerprint density at radius 3 is 2.96 bits per heavy atom. The van der Waals surface area contributed by atoms with E-state index in [9.17, 15) is 9.59 Å². The number of nitrogens with zero attached hydrogens (tertiary/aromatic N) is 1. The maximum absolute atomic E-state index is 12.3. The van der Waals surface area contributed by atoms with Crippen molar-refractivity contribution in [2.24, 2.45) is 5.73 Å². The van der Waals surface area contributed by atoms with Crippen LogP contribution in [0.4, 0.5) is 0 Å². The molecular formula is C17H22N4O2. The number of hydrogen-bond acceptors (Lipinski definition) is 3. The number of aromatic amines is 1. The Kier molecular flexibility index (Phi) is 4.62. The minimum atomic E-state index is -0.429. The molecule has 1 atom stereocenters. The molecule has 0 saturated carbocycles. The molecule has 3 rings (SSSR count). The van der Waals surface area contributed by atoms with Gasteiger partial charge in [-0.15, -0.1) is 0 Å². The van der Waals surface area contributed by atoms with Crippen molar-refractivity contribution in [2.75, 3.05) is 19.6 Å². The molecule has 1 aromatic heterocycles. The van der Waals surface area contributed by atoms with Crippen LogP contribution in [0.5, 0.6) is 0 Å². The van der Waals surface area contributed by atoms with Crippen LogP contribution in [0.15, 0.2) is 30.5 Å². The number of aromatic nitrogens is 1. The fourth-order valence-electron chi connectivity index (χ4n) is 3.09. The lowest BCUT2D eigenvalue weighted by molar-refractivity contribution is -0.133. The largest absolute Gasteiger partial charge is 0.368 e. The lowest BCUT2D eigenvalue weighted by atomic mass is 10.1. The van der Waals surface area contributed by atoms with E-state index in [1.54, 1.807) is 4.90 Å². The van der Waals surface area contributed by atoms with Crippen LogP contribution in [-0.2, 0) is 16.0 Å². The Balaban J connectivity index is 1.52. The molecule has 0 radical (unpaired) electrons. The van der Waals surface area contributed by atoms with Gasteiger partial charge in [0.25, 0.3) is 0 Å². The molecular weight excluding hydrogens is 292 g/mol. The van der Waals surface area contributed by atoms with Gasteiger partial charge in [0.05, 0.1) is 0 Å². The molecule has 6 heteroatoms. The number of amides is 2. The first-order valence-corrected chi connectivity index (χ1v) is 8.00. The van der Waals surface area contributed by atoms with Crippen molar-refractivity contribution in [2.45, 2.75) is 25.3 Å². The normalized spacial score (nSPS) is 18.3. The highest BCUT2D eigenvalue weighted by Crippen LogP contribution is 2.19. The van der Waals surface area contributed by atoms with Gasteiger partial charge in [-0.05, 0) is 24.5 Å². The van der Waals surface area contributed by atoms with Crippen LogP contribution in [0.1, 0.15) is 18.4 Å². The number of H-pyrrole nitrogens is 1. The maximum Gasteiger partial charge on any atom is 0.236 e. The number of para-hydroxylation sites is 1. The van der Waals surface area contributed by atoms with Crippen molar-refractivity contribution >= 4 is 22.7 Å². The third kappa shape index (κ3) is 3.53. The molecule has 2 aromatic rings. The van der Waals surface area contributed by atoms with Gasteiger partial charge in [-0.2, -0.15) is 0 Å².